The Labute approximate surface area is 129 Å². The van der Waals surface area contributed by atoms with Crippen LogP contribution in [0.1, 0.15) is 66.7 Å². The maximum absolute atomic E-state index is 12.4. The van der Waals surface area contributed by atoms with E-state index >= 15 is 0 Å². The molecule has 4 nitrogen and oxygen atoms in total. The molecular formula is C17H32N2O2. The molecule has 0 aliphatic carbocycles. The van der Waals surface area contributed by atoms with Gasteiger partial charge in [0.15, 0.2) is 0 Å². The highest BCUT2D eigenvalue weighted by atomic mass is 16.2. The lowest BCUT2D eigenvalue weighted by atomic mass is 9.84. The minimum absolute atomic E-state index is 0.0330. The lowest BCUT2D eigenvalue weighted by molar-refractivity contribution is -0.147. The van der Waals surface area contributed by atoms with Gasteiger partial charge in [-0.3, -0.25) is 9.59 Å². The van der Waals surface area contributed by atoms with E-state index in [-0.39, 0.29) is 29.8 Å². The van der Waals surface area contributed by atoms with Crippen LogP contribution in [0.2, 0.25) is 0 Å². The largest absolute Gasteiger partial charge is 0.342 e. The molecule has 1 saturated heterocycles. The van der Waals surface area contributed by atoms with E-state index in [1.54, 1.807) is 4.90 Å². The molecule has 0 aromatic carbocycles. The first kappa shape index (κ1) is 18.0. The number of nitrogens with one attached hydrogen (secondary N) is 1. The maximum atomic E-state index is 12.4. The normalized spacial score (nSPS) is 20.1. The summed E-state index contributed by atoms with van der Waals surface area (Å²) in [5.74, 6) is 0.809. The standard InChI is InChI=1S/C17H32N2O2/c1-13(2)10-8-6-7-9-11-19-12-14(20)18-15(16(19)21)17(3,4)5/h13,15H,6-12H2,1-5H3,(H,18,20). The maximum Gasteiger partial charge on any atom is 0.246 e. The highest BCUT2D eigenvalue weighted by Gasteiger charge is 2.39. The molecule has 1 atom stereocenters. The van der Waals surface area contributed by atoms with Crippen molar-refractivity contribution in [2.45, 2.75) is 72.8 Å². The van der Waals surface area contributed by atoms with Gasteiger partial charge in [0.1, 0.15) is 6.04 Å². The molecule has 4 heteroatoms. The van der Waals surface area contributed by atoms with Gasteiger partial charge in [-0.1, -0.05) is 60.3 Å². The second-order valence-corrected chi connectivity index (χ2v) is 7.72. The van der Waals surface area contributed by atoms with E-state index in [1.807, 2.05) is 20.8 Å². The molecule has 1 aliphatic rings. The molecule has 0 aromatic rings. The van der Waals surface area contributed by atoms with Gasteiger partial charge in [0, 0.05) is 6.54 Å². The SMILES string of the molecule is CC(C)CCCCCCN1CC(=O)NC(C(C)(C)C)C1=O. The van der Waals surface area contributed by atoms with Crippen molar-refractivity contribution in [2.24, 2.45) is 11.3 Å². The molecule has 1 aliphatic heterocycles. The number of unbranched alkanes of at least 4 members (excludes halogenated alkanes) is 3. The van der Waals surface area contributed by atoms with Crippen molar-refractivity contribution in [3.05, 3.63) is 0 Å². The number of carbonyl (C=O) groups is 2. The van der Waals surface area contributed by atoms with Gasteiger partial charge in [0.05, 0.1) is 6.54 Å². The van der Waals surface area contributed by atoms with Gasteiger partial charge in [0.2, 0.25) is 11.8 Å². The van der Waals surface area contributed by atoms with Crippen LogP contribution < -0.4 is 5.32 Å². The zero-order chi connectivity index (χ0) is 16.0. The van der Waals surface area contributed by atoms with Crippen LogP contribution in [-0.4, -0.2) is 35.8 Å². The van der Waals surface area contributed by atoms with Crippen LogP contribution in [0.25, 0.3) is 0 Å². The first-order valence-corrected chi connectivity index (χ1v) is 8.30. The van der Waals surface area contributed by atoms with Gasteiger partial charge >= 0.3 is 0 Å². The molecule has 1 fully saturated rings. The van der Waals surface area contributed by atoms with Crippen LogP contribution in [0.5, 0.6) is 0 Å². The van der Waals surface area contributed by atoms with E-state index in [0.717, 1.165) is 18.8 Å². The lowest BCUT2D eigenvalue weighted by Crippen LogP contribution is -2.62. The van der Waals surface area contributed by atoms with E-state index in [2.05, 4.69) is 19.2 Å². The van der Waals surface area contributed by atoms with Gasteiger partial charge in [0.25, 0.3) is 0 Å². The summed E-state index contributed by atoms with van der Waals surface area (Å²) >= 11 is 0. The van der Waals surface area contributed by atoms with E-state index in [0.29, 0.717) is 6.54 Å². The molecule has 1 rings (SSSR count). The predicted octanol–water partition coefficient (Wildman–Crippen LogP) is 2.97. The fourth-order valence-electron chi connectivity index (χ4n) is 2.69. The molecular weight excluding hydrogens is 264 g/mol. The van der Waals surface area contributed by atoms with Crippen LogP contribution in [0.15, 0.2) is 0 Å². The summed E-state index contributed by atoms with van der Waals surface area (Å²) in [5.41, 5.74) is -0.233. The number of nitrogens with zero attached hydrogens (tertiary/aromatic N) is 1. The van der Waals surface area contributed by atoms with Crippen molar-refractivity contribution in [3.63, 3.8) is 0 Å². The molecule has 0 saturated carbocycles. The third kappa shape index (κ3) is 6.06. The Balaban J connectivity index is 2.36. The number of hydrogen-bond acceptors (Lipinski definition) is 2. The van der Waals surface area contributed by atoms with Gasteiger partial charge in [-0.25, -0.2) is 0 Å². The number of rotatable bonds is 7. The van der Waals surface area contributed by atoms with E-state index < -0.39 is 0 Å². The smallest absolute Gasteiger partial charge is 0.246 e. The van der Waals surface area contributed by atoms with E-state index in [9.17, 15) is 9.59 Å². The first-order valence-electron chi connectivity index (χ1n) is 8.30. The van der Waals surface area contributed by atoms with Crippen molar-refractivity contribution >= 4 is 11.8 Å². The molecule has 0 bridgehead atoms. The Bertz CT molecular complexity index is 358. The summed E-state index contributed by atoms with van der Waals surface area (Å²) in [5, 5.41) is 2.83. The van der Waals surface area contributed by atoms with Crippen LogP contribution in [0.4, 0.5) is 0 Å². The minimum atomic E-state index is -0.389. The number of piperazine rings is 1. The minimum Gasteiger partial charge on any atom is -0.342 e. The Kier molecular flexibility index (Phi) is 6.69. The molecule has 1 unspecified atom stereocenters. The third-order valence-corrected chi connectivity index (χ3v) is 4.02. The number of amides is 2. The first-order chi connectivity index (χ1) is 9.71. The predicted molar refractivity (Wildman–Crippen MR) is 85.9 cm³/mol. The molecule has 21 heavy (non-hydrogen) atoms. The fraction of sp³-hybridized carbons (Fsp3) is 0.882. The number of hydrogen-bond donors (Lipinski definition) is 1. The fourth-order valence-corrected chi connectivity index (χ4v) is 2.69. The van der Waals surface area contributed by atoms with Crippen LogP contribution in [-0.2, 0) is 9.59 Å². The highest BCUT2D eigenvalue weighted by molar-refractivity contribution is 5.95. The Hall–Kier alpha value is -1.06. The molecule has 1 heterocycles. The summed E-state index contributed by atoms with van der Waals surface area (Å²) in [6.07, 6.45) is 5.88. The zero-order valence-corrected chi connectivity index (χ0v) is 14.4. The lowest BCUT2D eigenvalue weighted by Gasteiger charge is -2.38. The van der Waals surface area contributed by atoms with Crippen molar-refractivity contribution in [2.75, 3.05) is 13.1 Å². The van der Waals surface area contributed by atoms with E-state index in [4.69, 9.17) is 0 Å². The summed E-state index contributed by atoms with van der Waals surface area (Å²) in [6.45, 7) is 11.4. The monoisotopic (exact) mass is 296 g/mol. The average Bonchev–Trinajstić information content (AvgIpc) is 2.35. The van der Waals surface area contributed by atoms with Crippen LogP contribution in [0, 0.1) is 11.3 Å². The summed E-state index contributed by atoms with van der Waals surface area (Å²) in [7, 11) is 0. The molecule has 122 valence electrons. The molecule has 0 radical (unpaired) electrons. The molecule has 2 amide bonds. The Morgan fingerprint density at radius 3 is 2.33 bits per heavy atom. The Morgan fingerprint density at radius 2 is 1.76 bits per heavy atom. The highest BCUT2D eigenvalue weighted by Crippen LogP contribution is 2.23. The molecule has 1 N–H and O–H groups in total. The summed E-state index contributed by atoms with van der Waals surface area (Å²) < 4.78 is 0. The second-order valence-electron chi connectivity index (χ2n) is 7.72. The molecule has 0 aromatic heterocycles. The Morgan fingerprint density at radius 1 is 1.14 bits per heavy atom. The topological polar surface area (TPSA) is 49.4 Å². The van der Waals surface area contributed by atoms with Crippen molar-refractivity contribution < 1.29 is 9.59 Å². The quantitative estimate of drug-likeness (QED) is 0.734. The summed E-state index contributed by atoms with van der Waals surface area (Å²) in [4.78, 5) is 26.0. The average molecular weight is 296 g/mol. The summed E-state index contributed by atoms with van der Waals surface area (Å²) in [6, 6.07) is -0.389. The van der Waals surface area contributed by atoms with Crippen molar-refractivity contribution in [3.8, 4) is 0 Å². The number of carbonyl (C=O) groups excluding carboxylic acids is 2. The van der Waals surface area contributed by atoms with Gasteiger partial charge < -0.3 is 10.2 Å². The molecule has 0 spiro atoms. The van der Waals surface area contributed by atoms with Crippen LogP contribution >= 0.6 is 0 Å². The van der Waals surface area contributed by atoms with Crippen molar-refractivity contribution in [1.82, 2.24) is 10.2 Å². The van der Waals surface area contributed by atoms with Gasteiger partial charge in [-0.05, 0) is 17.8 Å². The zero-order valence-electron chi connectivity index (χ0n) is 14.4. The second kappa shape index (κ2) is 7.81. The van der Waals surface area contributed by atoms with Crippen LogP contribution in [0.3, 0.4) is 0 Å². The van der Waals surface area contributed by atoms with E-state index in [1.165, 1.54) is 19.3 Å². The van der Waals surface area contributed by atoms with Crippen molar-refractivity contribution in [1.29, 1.82) is 0 Å². The van der Waals surface area contributed by atoms with Gasteiger partial charge in [-0.2, -0.15) is 0 Å². The third-order valence-electron chi connectivity index (χ3n) is 4.02. The van der Waals surface area contributed by atoms with Gasteiger partial charge in [-0.15, -0.1) is 0 Å².